The molecule has 0 fully saturated rings. The molecule has 1 aromatic heterocycles. The zero-order chi connectivity index (χ0) is 33.4. The van der Waals surface area contributed by atoms with Crippen molar-refractivity contribution in [3.63, 3.8) is 0 Å². The molecule has 6 aromatic carbocycles. The van der Waals surface area contributed by atoms with Gasteiger partial charge in [0.15, 0.2) is 0 Å². The maximum atomic E-state index is 4.91. The van der Waals surface area contributed by atoms with E-state index in [1.165, 1.54) is 55.5 Å². The van der Waals surface area contributed by atoms with Gasteiger partial charge >= 0.3 is 0 Å². The van der Waals surface area contributed by atoms with Gasteiger partial charge in [-0.3, -0.25) is 4.90 Å². The predicted octanol–water partition coefficient (Wildman–Crippen LogP) is 12.1. The van der Waals surface area contributed by atoms with Crippen molar-refractivity contribution in [2.24, 2.45) is 0 Å². The lowest BCUT2D eigenvalue weighted by molar-refractivity contribution is 1.08. The second-order valence-electron chi connectivity index (χ2n) is 12.9. The first-order valence-electron chi connectivity index (χ1n) is 16.5. The van der Waals surface area contributed by atoms with Gasteiger partial charge in [-0.15, -0.1) is 0 Å². The maximum absolute atomic E-state index is 4.91. The first-order valence-corrected chi connectivity index (χ1v) is 16.5. The summed E-state index contributed by atoms with van der Waals surface area (Å²) in [6.07, 6.45) is 3.82. The number of benzene rings is 6. The van der Waals surface area contributed by atoms with Crippen LogP contribution in [-0.2, 0) is 0 Å². The lowest BCUT2D eigenvalue weighted by Crippen LogP contribution is -2.17. The molecule has 236 valence electrons. The molecule has 4 heteroatoms. The molecule has 7 aromatic rings. The molecular weight excluding hydrogens is 585 g/mol. The molecule has 0 radical (unpaired) electrons. The summed E-state index contributed by atoms with van der Waals surface area (Å²) in [6.45, 7) is 13.2. The molecule has 0 aliphatic carbocycles. The first-order chi connectivity index (χ1) is 23.3. The highest BCUT2D eigenvalue weighted by atomic mass is 15.3. The van der Waals surface area contributed by atoms with Crippen LogP contribution in [0.2, 0.25) is 0 Å². The number of aromatic nitrogens is 2. The highest BCUT2D eigenvalue weighted by Gasteiger charge is 2.22. The van der Waals surface area contributed by atoms with Crippen molar-refractivity contribution in [2.45, 2.75) is 41.5 Å². The summed E-state index contributed by atoms with van der Waals surface area (Å²) in [4.78, 5) is 14.4. The molecule has 0 aliphatic rings. The van der Waals surface area contributed by atoms with E-state index in [9.17, 15) is 0 Å². The van der Waals surface area contributed by atoms with Gasteiger partial charge in [-0.05, 0) is 117 Å². The summed E-state index contributed by atoms with van der Waals surface area (Å²) in [5.74, 6) is 0.616. The van der Waals surface area contributed by atoms with Gasteiger partial charge in [-0.2, -0.15) is 0 Å². The summed E-state index contributed by atoms with van der Waals surface area (Å²) in [5, 5.41) is 2.36. The normalized spacial score (nSPS) is 11.1. The average Bonchev–Trinajstić information content (AvgIpc) is 3.08. The van der Waals surface area contributed by atoms with E-state index in [-0.39, 0.29) is 0 Å². The smallest absolute Gasteiger partial charge is 0.234 e. The Hall–Kier alpha value is -5.74. The SMILES string of the molecule is Cc1cc(C)c(N(c2ccc(N(c3ccc4ccccc4c3)c3ncc(-c4ccccc4)cn3)cc2)c2c(C)cc(C)cc2C)c(C)c1. The molecule has 0 amide bonds. The Morgan fingerprint density at radius 3 is 1.40 bits per heavy atom. The fourth-order valence-electron chi connectivity index (χ4n) is 7.08. The van der Waals surface area contributed by atoms with Crippen molar-refractivity contribution in [1.82, 2.24) is 9.97 Å². The zero-order valence-corrected chi connectivity index (χ0v) is 28.5. The molecule has 0 unspecified atom stereocenters. The van der Waals surface area contributed by atoms with Gasteiger partial charge in [0.1, 0.15) is 0 Å². The second kappa shape index (κ2) is 12.8. The van der Waals surface area contributed by atoms with E-state index in [1.54, 1.807) is 0 Å². The third-order valence-corrected chi connectivity index (χ3v) is 9.02. The van der Waals surface area contributed by atoms with Gasteiger partial charge in [0.05, 0.1) is 11.4 Å². The van der Waals surface area contributed by atoms with Crippen molar-refractivity contribution in [3.05, 3.63) is 167 Å². The van der Waals surface area contributed by atoms with Crippen molar-refractivity contribution >= 4 is 45.2 Å². The highest BCUT2D eigenvalue weighted by Crippen LogP contribution is 2.44. The quantitative estimate of drug-likeness (QED) is 0.177. The number of fused-ring (bicyclic) bond motifs is 1. The van der Waals surface area contributed by atoms with Crippen LogP contribution in [0.4, 0.5) is 34.4 Å². The molecule has 0 saturated heterocycles. The minimum absolute atomic E-state index is 0.616. The Kier molecular flexibility index (Phi) is 8.24. The summed E-state index contributed by atoms with van der Waals surface area (Å²) in [6, 6.07) is 43.1. The Balaban J connectivity index is 1.37. The van der Waals surface area contributed by atoms with Crippen LogP contribution in [0, 0.1) is 41.5 Å². The van der Waals surface area contributed by atoms with Gasteiger partial charge in [0.25, 0.3) is 0 Å². The summed E-state index contributed by atoms with van der Waals surface area (Å²) in [7, 11) is 0. The molecule has 0 N–H and O–H groups in total. The minimum atomic E-state index is 0.616. The Morgan fingerprint density at radius 2 is 0.854 bits per heavy atom. The van der Waals surface area contributed by atoms with Crippen LogP contribution in [0.1, 0.15) is 33.4 Å². The van der Waals surface area contributed by atoms with Crippen molar-refractivity contribution in [3.8, 4) is 11.1 Å². The zero-order valence-electron chi connectivity index (χ0n) is 28.5. The van der Waals surface area contributed by atoms with Crippen molar-refractivity contribution < 1.29 is 0 Å². The largest absolute Gasteiger partial charge is 0.309 e. The fourth-order valence-corrected chi connectivity index (χ4v) is 7.08. The summed E-state index contributed by atoms with van der Waals surface area (Å²) >= 11 is 0. The lowest BCUT2D eigenvalue weighted by Gasteiger charge is -2.32. The fraction of sp³-hybridized carbons (Fsp3) is 0.136. The third-order valence-electron chi connectivity index (χ3n) is 9.02. The van der Waals surface area contributed by atoms with Crippen LogP contribution in [-0.4, -0.2) is 9.97 Å². The number of anilines is 6. The summed E-state index contributed by atoms with van der Waals surface area (Å²) in [5.41, 5.74) is 15.1. The van der Waals surface area contributed by atoms with Gasteiger partial charge in [-0.1, -0.05) is 96.1 Å². The number of aryl methyl sites for hydroxylation is 6. The lowest BCUT2D eigenvalue weighted by atomic mass is 9.98. The van der Waals surface area contributed by atoms with Crippen LogP contribution in [0.3, 0.4) is 0 Å². The molecule has 48 heavy (non-hydrogen) atoms. The number of rotatable bonds is 7. The molecule has 7 rings (SSSR count). The second-order valence-corrected chi connectivity index (χ2v) is 12.9. The average molecular weight is 625 g/mol. The predicted molar refractivity (Wildman–Crippen MR) is 203 cm³/mol. The van der Waals surface area contributed by atoms with Gasteiger partial charge in [0.2, 0.25) is 5.95 Å². The molecule has 0 atom stereocenters. The molecule has 1 heterocycles. The van der Waals surface area contributed by atoms with Crippen LogP contribution in [0.25, 0.3) is 21.9 Å². The Morgan fingerprint density at radius 1 is 0.396 bits per heavy atom. The van der Waals surface area contributed by atoms with E-state index in [4.69, 9.17) is 9.97 Å². The van der Waals surface area contributed by atoms with E-state index in [2.05, 4.69) is 154 Å². The highest BCUT2D eigenvalue weighted by molar-refractivity contribution is 5.89. The van der Waals surface area contributed by atoms with E-state index in [0.717, 1.165) is 28.2 Å². The van der Waals surface area contributed by atoms with Gasteiger partial charge in [-0.25, -0.2) is 9.97 Å². The van der Waals surface area contributed by atoms with Crippen LogP contribution in [0.5, 0.6) is 0 Å². The molecule has 0 saturated carbocycles. The molecule has 4 nitrogen and oxygen atoms in total. The van der Waals surface area contributed by atoms with Gasteiger partial charge < -0.3 is 4.90 Å². The minimum Gasteiger partial charge on any atom is -0.309 e. The van der Waals surface area contributed by atoms with Gasteiger partial charge in [0, 0.05) is 35.0 Å². The number of hydrogen-bond donors (Lipinski definition) is 0. The molecule has 0 aliphatic heterocycles. The summed E-state index contributed by atoms with van der Waals surface area (Å²) < 4.78 is 0. The number of hydrogen-bond acceptors (Lipinski definition) is 4. The Labute approximate surface area is 284 Å². The third kappa shape index (κ3) is 5.93. The monoisotopic (exact) mass is 624 g/mol. The standard InChI is InChI=1S/C44H40N4/c1-29-22-31(3)42(32(4)23-29)48(43-33(5)24-30(2)25-34(43)6)40-20-18-39(19-21-40)47(41-17-16-36-14-10-11-15-37(36)26-41)44-45-27-38(28-46-44)35-12-8-7-9-13-35/h7-28H,1-6H3. The van der Waals surface area contributed by atoms with E-state index in [1.807, 2.05) is 30.6 Å². The van der Waals surface area contributed by atoms with Crippen LogP contribution >= 0.6 is 0 Å². The number of nitrogens with zero attached hydrogens (tertiary/aromatic N) is 4. The molecule has 0 spiro atoms. The topological polar surface area (TPSA) is 32.3 Å². The van der Waals surface area contributed by atoms with Crippen LogP contribution in [0.15, 0.2) is 134 Å². The van der Waals surface area contributed by atoms with Crippen molar-refractivity contribution in [2.75, 3.05) is 9.80 Å². The molecule has 0 bridgehead atoms. The maximum Gasteiger partial charge on any atom is 0.234 e. The van der Waals surface area contributed by atoms with Crippen molar-refractivity contribution in [1.29, 1.82) is 0 Å². The van der Waals surface area contributed by atoms with E-state index < -0.39 is 0 Å². The first kappa shape index (κ1) is 30.9. The molecular formula is C44H40N4. The Bertz CT molecular complexity index is 2130. The van der Waals surface area contributed by atoms with E-state index >= 15 is 0 Å². The van der Waals surface area contributed by atoms with E-state index in [0.29, 0.717) is 5.95 Å². The van der Waals surface area contributed by atoms with Crippen LogP contribution < -0.4 is 9.80 Å².